The lowest BCUT2D eigenvalue weighted by Gasteiger charge is -2.05. The molecule has 98 valence electrons. The topological polar surface area (TPSA) is 116 Å². The molecule has 0 radical (unpaired) electrons. The third-order valence-corrected chi connectivity index (χ3v) is 4.02. The quantitative estimate of drug-likeness (QED) is 0.503. The van der Waals surface area contributed by atoms with Gasteiger partial charge in [-0.1, -0.05) is 0 Å². The van der Waals surface area contributed by atoms with E-state index in [2.05, 4.69) is 4.72 Å². The fourth-order valence-electron chi connectivity index (χ4n) is 0.966. The molecule has 0 unspecified atom stereocenters. The summed E-state index contributed by atoms with van der Waals surface area (Å²) in [5.41, 5.74) is 0. The largest absolute Gasteiger partial charge is 0.385 e. The summed E-state index contributed by atoms with van der Waals surface area (Å²) in [5.74, 6) is -0.260. The first-order valence-corrected chi connectivity index (χ1v) is 8.10. The summed E-state index contributed by atoms with van der Waals surface area (Å²) >= 11 is 0. The predicted octanol–water partition coefficient (Wildman–Crippen LogP) is -1.38. The van der Waals surface area contributed by atoms with Crippen molar-refractivity contribution in [3.05, 3.63) is 0 Å². The van der Waals surface area contributed by atoms with Crippen molar-refractivity contribution in [1.29, 1.82) is 0 Å². The molecule has 0 aromatic carbocycles. The second-order valence-electron chi connectivity index (χ2n) is 3.28. The van der Waals surface area contributed by atoms with Gasteiger partial charge in [-0.2, -0.15) is 0 Å². The minimum atomic E-state index is -3.52. The van der Waals surface area contributed by atoms with Crippen molar-refractivity contribution >= 4 is 20.0 Å². The minimum Gasteiger partial charge on any atom is -0.385 e. The molecule has 3 N–H and O–H groups in total. The standard InChI is InChI=1S/C7H18N2O5S2/c1-14-5-3-7-16(12,13)9-4-2-6-15(8,10)11/h9H,2-7H2,1H3,(H2,8,10,11). The Morgan fingerprint density at radius 2 is 1.75 bits per heavy atom. The molecule has 16 heavy (non-hydrogen) atoms. The van der Waals surface area contributed by atoms with Crippen LogP contribution in [0, 0.1) is 0 Å². The van der Waals surface area contributed by atoms with E-state index in [0.29, 0.717) is 13.0 Å². The van der Waals surface area contributed by atoms with Crippen molar-refractivity contribution in [1.82, 2.24) is 4.72 Å². The van der Waals surface area contributed by atoms with Crippen molar-refractivity contribution in [3.8, 4) is 0 Å². The normalized spacial score (nSPS) is 12.9. The lowest BCUT2D eigenvalue weighted by molar-refractivity contribution is 0.199. The average Bonchev–Trinajstić information content (AvgIpc) is 2.11. The third kappa shape index (κ3) is 10.3. The first kappa shape index (κ1) is 15.8. The monoisotopic (exact) mass is 274 g/mol. The first-order chi connectivity index (χ1) is 7.27. The van der Waals surface area contributed by atoms with Gasteiger partial charge in [-0.25, -0.2) is 26.7 Å². The molecular formula is C7H18N2O5S2. The van der Waals surface area contributed by atoms with Crippen LogP contribution in [0.15, 0.2) is 0 Å². The van der Waals surface area contributed by atoms with Crippen molar-refractivity contribution in [2.24, 2.45) is 5.14 Å². The summed E-state index contributed by atoms with van der Waals surface area (Å²) in [6.07, 6.45) is 0.573. The van der Waals surface area contributed by atoms with E-state index in [1.807, 2.05) is 0 Å². The molecule has 0 aliphatic carbocycles. The van der Waals surface area contributed by atoms with Crippen LogP contribution < -0.4 is 9.86 Å². The van der Waals surface area contributed by atoms with Crippen LogP contribution in [-0.4, -0.2) is 48.6 Å². The van der Waals surface area contributed by atoms with Crippen molar-refractivity contribution in [2.45, 2.75) is 12.8 Å². The number of hydrogen-bond acceptors (Lipinski definition) is 5. The van der Waals surface area contributed by atoms with E-state index in [1.165, 1.54) is 7.11 Å². The highest BCUT2D eigenvalue weighted by Gasteiger charge is 2.09. The van der Waals surface area contributed by atoms with Crippen LogP contribution in [0.25, 0.3) is 0 Å². The molecule has 0 fully saturated rings. The minimum absolute atomic E-state index is 0.0315. The van der Waals surface area contributed by atoms with Gasteiger partial charge in [0.2, 0.25) is 20.0 Å². The van der Waals surface area contributed by atoms with Gasteiger partial charge in [-0.15, -0.1) is 0 Å². The summed E-state index contributed by atoms with van der Waals surface area (Å²) in [6, 6.07) is 0. The molecule has 7 nitrogen and oxygen atoms in total. The van der Waals surface area contributed by atoms with E-state index in [1.54, 1.807) is 0 Å². The van der Waals surface area contributed by atoms with Gasteiger partial charge in [-0.3, -0.25) is 0 Å². The SMILES string of the molecule is COCCCS(=O)(=O)NCCCS(N)(=O)=O. The number of nitrogens with two attached hydrogens (primary N) is 1. The molecule has 0 bridgehead atoms. The average molecular weight is 274 g/mol. The zero-order valence-electron chi connectivity index (χ0n) is 9.18. The number of ether oxygens (including phenoxy) is 1. The van der Waals surface area contributed by atoms with E-state index in [4.69, 9.17) is 9.88 Å². The highest BCUT2D eigenvalue weighted by molar-refractivity contribution is 7.89. The van der Waals surface area contributed by atoms with E-state index in [-0.39, 0.29) is 24.5 Å². The Hall–Kier alpha value is -0.220. The maximum Gasteiger partial charge on any atom is 0.211 e. The Labute approximate surface area is 96.5 Å². The Bertz CT molecular complexity index is 376. The fraction of sp³-hybridized carbons (Fsp3) is 1.00. The molecule has 0 heterocycles. The Morgan fingerprint density at radius 1 is 1.12 bits per heavy atom. The van der Waals surface area contributed by atoms with Crippen molar-refractivity contribution in [3.63, 3.8) is 0 Å². The summed E-state index contributed by atoms with van der Waals surface area (Å²) in [6.45, 7) is 0.448. The van der Waals surface area contributed by atoms with Crippen LogP contribution in [0.1, 0.15) is 12.8 Å². The van der Waals surface area contributed by atoms with E-state index >= 15 is 0 Å². The number of nitrogens with one attached hydrogen (secondary N) is 1. The summed E-state index contributed by atoms with van der Waals surface area (Å²) in [4.78, 5) is 0. The van der Waals surface area contributed by atoms with Crippen LogP contribution in [0.3, 0.4) is 0 Å². The van der Waals surface area contributed by atoms with Crippen LogP contribution in [0.4, 0.5) is 0 Å². The van der Waals surface area contributed by atoms with Gasteiger partial charge in [0, 0.05) is 20.3 Å². The van der Waals surface area contributed by atoms with Gasteiger partial charge in [0.25, 0.3) is 0 Å². The second kappa shape index (κ2) is 7.17. The maximum absolute atomic E-state index is 11.3. The molecule has 0 aromatic rings. The number of primary sulfonamides is 1. The Morgan fingerprint density at radius 3 is 2.25 bits per heavy atom. The lowest BCUT2D eigenvalue weighted by atomic mass is 10.5. The van der Waals surface area contributed by atoms with Crippen LogP contribution >= 0.6 is 0 Å². The zero-order chi connectivity index (χ0) is 12.7. The van der Waals surface area contributed by atoms with Gasteiger partial charge in [0.1, 0.15) is 0 Å². The highest BCUT2D eigenvalue weighted by atomic mass is 32.2. The van der Waals surface area contributed by atoms with Gasteiger partial charge in [0.15, 0.2) is 0 Å². The van der Waals surface area contributed by atoms with Crippen LogP contribution in [-0.2, 0) is 24.8 Å². The molecule has 9 heteroatoms. The molecule has 0 rings (SSSR count). The van der Waals surface area contributed by atoms with Crippen molar-refractivity contribution < 1.29 is 21.6 Å². The van der Waals surface area contributed by atoms with Gasteiger partial charge in [-0.05, 0) is 12.8 Å². The van der Waals surface area contributed by atoms with Gasteiger partial charge < -0.3 is 4.74 Å². The molecular weight excluding hydrogens is 256 g/mol. The van der Waals surface area contributed by atoms with Gasteiger partial charge >= 0.3 is 0 Å². The maximum atomic E-state index is 11.3. The van der Waals surface area contributed by atoms with E-state index < -0.39 is 20.0 Å². The molecule has 0 aliphatic heterocycles. The van der Waals surface area contributed by atoms with E-state index in [0.717, 1.165) is 0 Å². The summed E-state index contributed by atoms with van der Waals surface area (Å²) in [5, 5.41) is 4.76. The third-order valence-electron chi connectivity index (χ3n) is 1.69. The number of methoxy groups -OCH3 is 1. The fourth-order valence-corrected chi connectivity index (χ4v) is 2.61. The molecule has 0 aliphatic rings. The predicted molar refractivity (Wildman–Crippen MR) is 60.9 cm³/mol. The van der Waals surface area contributed by atoms with Crippen molar-refractivity contribution in [2.75, 3.05) is 31.8 Å². The zero-order valence-corrected chi connectivity index (χ0v) is 10.8. The molecule has 0 aromatic heterocycles. The lowest BCUT2D eigenvalue weighted by Crippen LogP contribution is -2.29. The van der Waals surface area contributed by atoms with Gasteiger partial charge in [0.05, 0.1) is 11.5 Å². The summed E-state index contributed by atoms with van der Waals surface area (Å²) in [7, 11) is -5.36. The van der Waals surface area contributed by atoms with Crippen LogP contribution in [0.2, 0.25) is 0 Å². The Balaban J connectivity index is 3.75. The molecule has 0 spiro atoms. The molecule has 0 amide bonds. The number of sulfonamides is 2. The van der Waals surface area contributed by atoms with Crippen LogP contribution in [0.5, 0.6) is 0 Å². The highest BCUT2D eigenvalue weighted by Crippen LogP contribution is 1.91. The Kier molecular flexibility index (Phi) is 7.07. The molecule has 0 saturated heterocycles. The number of hydrogen-bond donors (Lipinski definition) is 2. The molecule has 0 atom stereocenters. The smallest absolute Gasteiger partial charge is 0.211 e. The summed E-state index contributed by atoms with van der Waals surface area (Å²) < 4.78 is 50.7. The molecule has 0 saturated carbocycles. The first-order valence-electron chi connectivity index (χ1n) is 4.73. The second-order valence-corrected chi connectivity index (χ2v) is 6.94. The van der Waals surface area contributed by atoms with E-state index in [9.17, 15) is 16.8 Å². The number of rotatable bonds is 9.